The van der Waals surface area contributed by atoms with Gasteiger partial charge in [-0.25, -0.2) is 0 Å². The van der Waals surface area contributed by atoms with Gasteiger partial charge in [0.25, 0.3) is 0 Å². The van der Waals surface area contributed by atoms with E-state index >= 15 is 0 Å². The predicted octanol–water partition coefficient (Wildman–Crippen LogP) is 6.23. The van der Waals surface area contributed by atoms with Crippen LogP contribution in [0.4, 0.5) is 13.2 Å². The fourth-order valence-electron chi connectivity index (χ4n) is 4.11. The van der Waals surface area contributed by atoms with Gasteiger partial charge in [0.15, 0.2) is 0 Å². The van der Waals surface area contributed by atoms with E-state index in [1.54, 1.807) is 36.4 Å². The number of rotatable bonds is 7. The zero-order chi connectivity index (χ0) is 23.6. The number of benzene rings is 2. The molecule has 4 nitrogen and oxygen atoms in total. The monoisotopic (exact) mass is 475 g/mol. The number of carbonyl (C=O) groups is 1. The summed E-state index contributed by atoms with van der Waals surface area (Å²) in [4.78, 5) is 13.1. The van der Waals surface area contributed by atoms with Crippen molar-refractivity contribution in [2.24, 2.45) is 5.92 Å². The highest BCUT2D eigenvalue weighted by atomic mass is 32.1. The molecule has 33 heavy (non-hydrogen) atoms. The van der Waals surface area contributed by atoms with Gasteiger partial charge in [0.2, 0.25) is 0 Å². The standard InChI is InChI=1S/C25H24F3NO3S/c1-16-11-17(13-29-10-9-19(14-29)24(30)31)7-8-22(16)32-15-20-12-21(18-5-3-2-4-6-18)23(33-20)25(26,27)28/h2-8,11-12,19H,9-10,13-15H2,1H3,(H,30,31). The number of hydrogen-bond donors (Lipinski definition) is 1. The molecule has 1 aliphatic rings. The fourth-order valence-corrected chi connectivity index (χ4v) is 5.07. The molecule has 0 aliphatic carbocycles. The average Bonchev–Trinajstić information content (AvgIpc) is 3.41. The van der Waals surface area contributed by atoms with Crippen molar-refractivity contribution in [2.45, 2.75) is 32.7 Å². The molecule has 0 radical (unpaired) electrons. The van der Waals surface area contributed by atoms with E-state index in [4.69, 9.17) is 9.84 Å². The third kappa shape index (κ3) is 5.57. The predicted molar refractivity (Wildman–Crippen MR) is 121 cm³/mol. The number of halogens is 3. The molecule has 1 fully saturated rings. The minimum atomic E-state index is -4.43. The Morgan fingerprint density at radius 3 is 2.58 bits per heavy atom. The van der Waals surface area contributed by atoms with Crippen molar-refractivity contribution in [3.8, 4) is 16.9 Å². The van der Waals surface area contributed by atoms with Crippen LogP contribution in [0.3, 0.4) is 0 Å². The quantitative estimate of drug-likeness (QED) is 0.440. The molecule has 0 spiro atoms. The third-order valence-corrected chi connectivity index (χ3v) is 6.92. The van der Waals surface area contributed by atoms with E-state index in [1.165, 1.54) is 0 Å². The average molecular weight is 476 g/mol. The van der Waals surface area contributed by atoms with Crippen LogP contribution in [0, 0.1) is 12.8 Å². The van der Waals surface area contributed by atoms with Crippen LogP contribution in [0.15, 0.2) is 54.6 Å². The lowest BCUT2D eigenvalue weighted by Crippen LogP contribution is -2.22. The summed E-state index contributed by atoms with van der Waals surface area (Å²) in [7, 11) is 0. The second-order valence-electron chi connectivity index (χ2n) is 8.27. The first-order chi connectivity index (χ1) is 15.7. The number of aryl methyl sites for hydroxylation is 1. The van der Waals surface area contributed by atoms with Crippen LogP contribution in [-0.2, 0) is 24.1 Å². The maximum Gasteiger partial charge on any atom is 0.426 e. The molecule has 174 valence electrons. The minimum Gasteiger partial charge on any atom is -0.488 e. The molecule has 0 amide bonds. The van der Waals surface area contributed by atoms with Crippen molar-refractivity contribution in [1.82, 2.24) is 4.90 Å². The molecular formula is C25H24F3NO3S. The van der Waals surface area contributed by atoms with Crippen LogP contribution in [-0.4, -0.2) is 29.1 Å². The highest BCUT2D eigenvalue weighted by molar-refractivity contribution is 7.12. The van der Waals surface area contributed by atoms with Crippen molar-refractivity contribution in [3.05, 3.63) is 75.5 Å². The molecule has 1 aromatic heterocycles. The number of aliphatic carboxylic acids is 1. The molecule has 0 saturated carbocycles. The van der Waals surface area contributed by atoms with Gasteiger partial charge in [-0.15, -0.1) is 11.3 Å². The molecule has 1 aliphatic heterocycles. The molecule has 2 heterocycles. The Bertz CT molecular complexity index is 1130. The van der Waals surface area contributed by atoms with Gasteiger partial charge in [0.1, 0.15) is 17.2 Å². The summed E-state index contributed by atoms with van der Waals surface area (Å²) in [5, 5.41) is 9.15. The maximum absolute atomic E-state index is 13.6. The van der Waals surface area contributed by atoms with Gasteiger partial charge in [-0.3, -0.25) is 9.69 Å². The smallest absolute Gasteiger partial charge is 0.426 e. The molecule has 8 heteroatoms. The summed E-state index contributed by atoms with van der Waals surface area (Å²) in [5.41, 5.74) is 2.63. The molecular weight excluding hydrogens is 451 g/mol. The Kier molecular flexibility index (Phi) is 6.76. The summed E-state index contributed by atoms with van der Waals surface area (Å²) in [5.74, 6) is -0.455. The van der Waals surface area contributed by atoms with E-state index in [0.29, 0.717) is 47.0 Å². The first-order valence-electron chi connectivity index (χ1n) is 10.6. The topological polar surface area (TPSA) is 49.8 Å². The van der Waals surface area contributed by atoms with Gasteiger partial charge >= 0.3 is 12.1 Å². The SMILES string of the molecule is Cc1cc(CN2CCC(C(=O)O)C2)ccc1OCc1cc(-c2ccccc2)c(C(F)(F)F)s1. The summed E-state index contributed by atoms with van der Waals surface area (Å²) >= 11 is 0.709. The van der Waals surface area contributed by atoms with Crippen LogP contribution in [0.5, 0.6) is 5.75 Å². The number of ether oxygens (including phenoxy) is 1. The number of hydrogen-bond acceptors (Lipinski definition) is 4. The second-order valence-corrected chi connectivity index (χ2v) is 9.40. The van der Waals surface area contributed by atoms with Gasteiger partial charge in [-0.2, -0.15) is 13.2 Å². The molecule has 0 bridgehead atoms. The van der Waals surface area contributed by atoms with Gasteiger partial charge in [0.05, 0.1) is 5.92 Å². The number of thiophene rings is 1. The molecule has 4 rings (SSSR count). The Morgan fingerprint density at radius 1 is 1.18 bits per heavy atom. The van der Waals surface area contributed by atoms with E-state index in [1.807, 2.05) is 25.1 Å². The fraction of sp³-hybridized carbons (Fsp3) is 0.320. The second kappa shape index (κ2) is 9.57. The largest absolute Gasteiger partial charge is 0.488 e. The number of likely N-dealkylation sites (tertiary alicyclic amines) is 1. The Balaban J connectivity index is 1.44. The van der Waals surface area contributed by atoms with Crippen molar-refractivity contribution >= 4 is 17.3 Å². The summed E-state index contributed by atoms with van der Waals surface area (Å²) in [6, 6.07) is 15.8. The lowest BCUT2D eigenvalue weighted by atomic mass is 10.1. The minimum absolute atomic E-state index is 0.0488. The van der Waals surface area contributed by atoms with Crippen molar-refractivity contribution in [1.29, 1.82) is 0 Å². The van der Waals surface area contributed by atoms with Gasteiger partial charge in [-0.05, 0) is 48.7 Å². The number of nitrogens with zero attached hydrogens (tertiary/aromatic N) is 1. The van der Waals surface area contributed by atoms with Crippen LogP contribution in [0.25, 0.3) is 11.1 Å². The number of carboxylic acids is 1. The van der Waals surface area contributed by atoms with Crippen molar-refractivity contribution in [2.75, 3.05) is 13.1 Å². The molecule has 3 aromatic rings. The molecule has 2 aromatic carbocycles. The van der Waals surface area contributed by atoms with Gasteiger partial charge in [0, 0.05) is 23.5 Å². The zero-order valence-corrected chi connectivity index (χ0v) is 18.9. The molecule has 1 unspecified atom stereocenters. The molecule has 1 saturated heterocycles. The zero-order valence-electron chi connectivity index (χ0n) is 18.1. The Morgan fingerprint density at radius 2 is 1.94 bits per heavy atom. The normalized spacial score (nSPS) is 16.8. The highest BCUT2D eigenvalue weighted by Gasteiger charge is 2.36. The first-order valence-corrected chi connectivity index (χ1v) is 11.4. The molecule has 1 atom stereocenters. The Labute approximate surface area is 194 Å². The third-order valence-electron chi connectivity index (χ3n) is 5.76. The van der Waals surface area contributed by atoms with Gasteiger partial charge < -0.3 is 9.84 Å². The summed E-state index contributed by atoms with van der Waals surface area (Å²) in [6.45, 7) is 3.89. The van der Waals surface area contributed by atoms with Gasteiger partial charge in [-0.1, -0.05) is 42.5 Å². The number of alkyl halides is 3. The highest BCUT2D eigenvalue weighted by Crippen LogP contribution is 2.43. The Hall–Kier alpha value is -2.84. The van der Waals surface area contributed by atoms with Crippen molar-refractivity contribution < 1.29 is 27.8 Å². The van der Waals surface area contributed by atoms with E-state index in [9.17, 15) is 18.0 Å². The van der Waals surface area contributed by atoms with E-state index in [2.05, 4.69) is 4.90 Å². The van der Waals surface area contributed by atoms with E-state index in [-0.39, 0.29) is 18.1 Å². The lowest BCUT2D eigenvalue weighted by molar-refractivity contribution is -0.141. The maximum atomic E-state index is 13.6. The van der Waals surface area contributed by atoms with E-state index in [0.717, 1.165) is 17.7 Å². The first kappa shape index (κ1) is 23.3. The lowest BCUT2D eigenvalue weighted by Gasteiger charge is -2.16. The summed E-state index contributed by atoms with van der Waals surface area (Å²) < 4.78 is 46.6. The number of carboxylic acid groups (broad SMARTS) is 1. The van der Waals surface area contributed by atoms with Crippen LogP contribution in [0.1, 0.15) is 27.3 Å². The van der Waals surface area contributed by atoms with Crippen LogP contribution in [0.2, 0.25) is 0 Å². The van der Waals surface area contributed by atoms with Crippen LogP contribution >= 0.6 is 11.3 Å². The van der Waals surface area contributed by atoms with Crippen LogP contribution < -0.4 is 4.74 Å². The summed E-state index contributed by atoms with van der Waals surface area (Å²) in [6.07, 6.45) is -3.78. The van der Waals surface area contributed by atoms with E-state index < -0.39 is 17.0 Å². The molecule has 1 N–H and O–H groups in total. The van der Waals surface area contributed by atoms with Crippen molar-refractivity contribution in [3.63, 3.8) is 0 Å².